The van der Waals surface area contributed by atoms with Crippen molar-refractivity contribution in [2.45, 2.75) is 6.43 Å². The third-order valence-corrected chi connectivity index (χ3v) is 5.17. The summed E-state index contributed by atoms with van der Waals surface area (Å²) in [6, 6.07) is 4.26. The normalized spacial score (nSPS) is 14.4. The first-order chi connectivity index (χ1) is 14.0. The van der Waals surface area contributed by atoms with E-state index in [2.05, 4.69) is 25.8 Å². The number of halogens is 2. The van der Waals surface area contributed by atoms with Crippen LogP contribution >= 0.6 is 11.3 Å². The number of rotatable bonds is 4. The molecule has 1 aromatic carbocycles. The summed E-state index contributed by atoms with van der Waals surface area (Å²) < 4.78 is 30.7. The van der Waals surface area contributed by atoms with Crippen LogP contribution in [0.3, 0.4) is 0 Å². The Bertz CT molecular complexity index is 1050. The van der Waals surface area contributed by atoms with Gasteiger partial charge in [0.1, 0.15) is 5.69 Å². The molecule has 0 bridgehead atoms. The summed E-state index contributed by atoms with van der Waals surface area (Å²) in [5, 5.41) is 2.32. The van der Waals surface area contributed by atoms with E-state index in [1.165, 1.54) is 29.5 Å². The molecule has 3 heterocycles. The van der Waals surface area contributed by atoms with Gasteiger partial charge in [0, 0.05) is 24.0 Å². The lowest BCUT2D eigenvalue weighted by Gasteiger charge is -2.25. The number of imidazole rings is 1. The quantitative estimate of drug-likeness (QED) is 0.554. The van der Waals surface area contributed by atoms with E-state index >= 15 is 0 Å². The molecule has 2 aromatic heterocycles. The number of fused-ring (bicyclic) bond motifs is 1. The van der Waals surface area contributed by atoms with Crippen molar-refractivity contribution in [2.24, 2.45) is 0 Å². The largest absolute Gasteiger partial charge is 0.378 e. The van der Waals surface area contributed by atoms with Crippen LogP contribution in [0.5, 0.6) is 0 Å². The van der Waals surface area contributed by atoms with Crippen LogP contribution in [0, 0.1) is 0 Å². The van der Waals surface area contributed by atoms with Crippen LogP contribution in [0.15, 0.2) is 23.6 Å². The second-order valence-corrected chi connectivity index (χ2v) is 7.01. The predicted molar refractivity (Wildman–Crippen MR) is 101 cm³/mol. The standard InChI is InChI=1S/C17H16F2N6O3S/c18-13(19)14-20-10-2-1-9(7-11(10)21-14)15(26)23-24-16(27)12-8-29-17(22-12)25-3-5-28-6-4-25/h1-2,7-8,13H,3-6H2,(H,20,21)(H,23,26)(H,24,27). The summed E-state index contributed by atoms with van der Waals surface area (Å²) >= 11 is 1.33. The van der Waals surface area contributed by atoms with Gasteiger partial charge < -0.3 is 14.6 Å². The first-order valence-electron chi connectivity index (χ1n) is 8.68. The molecule has 0 atom stereocenters. The molecule has 0 saturated carbocycles. The maximum atomic E-state index is 12.7. The molecule has 0 radical (unpaired) electrons. The van der Waals surface area contributed by atoms with Gasteiger partial charge >= 0.3 is 0 Å². The molecule has 1 aliphatic heterocycles. The van der Waals surface area contributed by atoms with Crippen LogP contribution in [0.2, 0.25) is 0 Å². The van der Waals surface area contributed by atoms with Gasteiger partial charge in [0.05, 0.1) is 24.2 Å². The Labute approximate surface area is 167 Å². The molecule has 0 unspecified atom stereocenters. The smallest absolute Gasteiger partial charge is 0.295 e. The number of thiazole rings is 1. The number of hydrogen-bond donors (Lipinski definition) is 3. The highest BCUT2D eigenvalue weighted by atomic mass is 32.1. The fourth-order valence-corrected chi connectivity index (χ4v) is 3.65. The van der Waals surface area contributed by atoms with Gasteiger partial charge in [0.2, 0.25) is 0 Å². The third kappa shape index (κ3) is 4.17. The number of nitrogens with one attached hydrogen (secondary N) is 3. The Hall–Kier alpha value is -3.12. The van der Waals surface area contributed by atoms with Gasteiger partial charge in [0.15, 0.2) is 11.0 Å². The zero-order valence-electron chi connectivity index (χ0n) is 14.9. The lowest BCUT2D eigenvalue weighted by Crippen LogP contribution is -2.41. The molecule has 0 aliphatic carbocycles. The van der Waals surface area contributed by atoms with Crippen molar-refractivity contribution < 1.29 is 23.1 Å². The van der Waals surface area contributed by atoms with E-state index in [1.807, 2.05) is 4.90 Å². The lowest BCUT2D eigenvalue weighted by atomic mass is 10.2. The Balaban J connectivity index is 1.38. The molecule has 0 spiro atoms. The minimum atomic E-state index is -2.74. The molecule has 1 fully saturated rings. The second kappa shape index (κ2) is 8.09. The van der Waals surface area contributed by atoms with Gasteiger partial charge in [-0.2, -0.15) is 0 Å². The van der Waals surface area contributed by atoms with Crippen molar-refractivity contribution in [2.75, 3.05) is 31.2 Å². The topological polar surface area (TPSA) is 112 Å². The van der Waals surface area contributed by atoms with E-state index in [1.54, 1.807) is 5.38 Å². The SMILES string of the molecule is O=C(NNC(=O)c1csc(N2CCOCC2)n1)c1ccc2nc(C(F)F)[nH]c2c1. The molecule has 3 N–H and O–H groups in total. The van der Waals surface area contributed by atoms with Gasteiger partial charge in [-0.1, -0.05) is 0 Å². The average Bonchev–Trinajstić information content (AvgIpc) is 3.39. The fraction of sp³-hybridized carbons (Fsp3) is 0.294. The van der Waals surface area contributed by atoms with Crippen molar-refractivity contribution >= 4 is 39.3 Å². The number of aromatic nitrogens is 3. The van der Waals surface area contributed by atoms with Gasteiger partial charge in [-0.25, -0.2) is 18.7 Å². The van der Waals surface area contributed by atoms with Gasteiger partial charge in [0.25, 0.3) is 18.2 Å². The lowest BCUT2D eigenvalue weighted by molar-refractivity contribution is 0.0844. The van der Waals surface area contributed by atoms with Crippen LogP contribution in [0.4, 0.5) is 13.9 Å². The van der Waals surface area contributed by atoms with Crippen LogP contribution in [0.25, 0.3) is 11.0 Å². The zero-order chi connectivity index (χ0) is 20.4. The van der Waals surface area contributed by atoms with Crippen LogP contribution < -0.4 is 15.8 Å². The minimum absolute atomic E-state index is 0.176. The number of carbonyl (C=O) groups is 2. The van der Waals surface area contributed by atoms with E-state index in [4.69, 9.17) is 4.74 Å². The maximum absolute atomic E-state index is 12.7. The van der Waals surface area contributed by atoms with Crippen molar-refractivity contribution in [1.29, 1.82) is 0 Å². The van der Waals surface area contributed by atoms with Crippen molar-refractivity contribution in [3.63, 3.8) is 0 Å². The summed E-state index contributed by atoms with van der Waals surface area (Å²) in [5.41, 5.74) is 5.57. The van der Waals surface area contributed by atoms with Crippen LogP contribution in [-0.4, -0.2) is 53.1 Å². The van der Waals surface area contributed by atoms with E-state index < -0.39 is 24.1 Å². The third-order valence-electron chi connectivity index (χ3n) is 4.26. The number of hydrazine groups is 1. The maximum Gasteiger partial charge on any atom is 0.295 e. The molecule has 1 aliphatic rings. The number of nitrogens with zero attached hydrogens (tertiary/aromatic N) is 3. The zero-order valence-corrected chi connectivity index (χ0v) is 15.8. The molecular formula is C17H16F2N6O3S. The van der Waals surface area contributed by atoms with Crippen molar-refractivity contribution in [3.05, 3.63) is 40.7 Å². The number of carbonyl (C=O) groups excluding carboxylic acids is 2. The number of amides is 2. The Kier molecular flexibility index (Phi) is 5.36. The molecule has 1 saturated heterocycles. The first-order valence-corrected chi connectivity index (χ1v) is 9.56. The highest BCUT2D eigenvalue weighted by Gasteiger charge is 2.18. The van der Waals surface area contributed by atoms with Crippen LogP contribution in [0.1, 0.15) is 33.1 Å². The molecule has 152 valence electrons. The average molecular weight is 422 g/mol. The fourth-order valence-electron chi connectivity index (χ4n) is 2.79. The van der Waals surface area contributed by atoms with E-state index in [0.29, 0.717) is 42.5 Å². The van der Waals surface area contributed by atoms with Gasteiger partial charge in [-0.05, 0) is 18.2 Å². The number of aromatic amines is 1. The summed E-state index contributed by atoms with van der Waals surface area (Å²) in [7, 11) is 0. The second-order valence-electron chi connectivity index (χ2n) is 6.18. The van der Waals surface area contributed by atoms with Gasteiger partial charge in [-0.15, -0.1) is 11.3 Å². The highest BCUT2D eigenvalue weighted by molar-refractivity contribution is 7.13. The number of H-pyrrole nitrogens is 1. The molecule has 2 amide bonds. The Morgan fingerprint density at radius 2 is 1.93 bits per heavy atom. The molecule has 12 heteroatoms. The van der Waals surface area contributed by atoms with E-state index in [9.17, 15) is 18.4 Å². The van der Waals surface area contributed by atoms with Gasteiger partial charge in [-0.3, -0.25) is 20.4 Å². The number of morpholine rings is 1. The van der Waals surface area contributed by atoms with E-state index in [-0.39, 0.29) is 11.3 Å². The summed E-state index contributed by atoms with van der Waals surface area (Å²) in [4.78, 5) is 37.0. The summed E-state index contributed by atoms with van der Waals surface area (Å²) in [6.07, 6.45) is -2.74. The summed E-state index contributed by atoms with van der Waals surface area (Å²) in [5.74, 6) is -1.63. The molecule has 9 nitrogen and oxygen atoms in total. The number of ether oxygens (including phenoxy) is 1. The Morgan fingerprint density at radius 1 is 1.17 bits per heavy atom. The molecule has 29 heavy (non-hydrogen) atoms. The molecule has 4 rings (SSSR count). The van der Waals surface area contributed by atoms with Crippen molar-refractivity contribution in [1.82, 2.24) is 25.8 Å². The van der Waals surface area contributed by atoms with Crippen molar-refractivity contribution in [3.8, 4) is 0 Å². The van der Waals surface area contributed by atoms with E-state index in [0.717, 1.165) is 0 Å². The molecular weight excluding hydrogens is 406 g/mol. The highest BCUT2D eigenvalue weighted by Crippen LogP contribution is 2.22. The number of alkyl halides is 2. The molecule has 3 aromatic rings. The predicted octanol–water partition coefficient (Wildman–Crippen LogP) is 1.87. The first kappa shape index (κ1) is 19.2. The summed E-state index contributed by atoms with van der Waals surface area (Å²) in [6.45, 7) is 2.62. The Morgan fingerprint density at radius 3 is 2.69 bits per heavy atom. The monoisotopic (exact) mass is 422 g/mol. The number of anilines is 1. The number of hydrogen-bond acceptors (Lipinski definition) is 7. The minimum Gasteiger partial charge on any atom is -0.378 e. The number of benzene rings is 1. The van der Waals surface area contributed by atoms with Crippen LogP contribution in [-0.2, 0) is 4.74 Å².